The normalized spacial score (nSPS) is 16.4. The van der Waals surface area contributed by atoms with Crippen molar-refractivity contribution in [1.82, 2.24) is 5.32 Å². The van der Waals surface area contributed by atoms with Crippen LogP contribution in [0, 0.1) is 0 Å². The SMILES string of the molecule is CC(NCC(C)S(C)=O)c1ccc(O)cc1O. The molecule has 0 radical (unpaired) electrons. The van der Waals surface area contributed by atoms with E-state index in [1.54, 1.807) is 12.3 Å². The van der Waals surface area contributed by atoms with E-state index in [2.05, 4.69) is 5.32 Å². The van der Waals surface area contributed by atoms with Crippen molar-refractivity contribution < 1.29 is 14.4 Å². The molecule has 17 heavy (non-hydrogen) atoms. The molecule has 4 nitrogen and oxygen atoms in total. The molecule has 0 spiro atoms. The van der Waals surface area contributed by atoms with Gasteiger partial charge in [0.05, 0.1) is 0 Å². The third-order valence-corrected chi connectivity index (χ3v) is 4.06. The van der Waals surface area contributed by atoms with E-state index in [1.165, 1.54) is 12.1 Å². The molecule has 0 amide bonds. The lowest BCUT2D eigenvalue weighted by atomic mass is 10.1. The van der Waals surface area contributed by atoms with Crippen LogP contribution in [0.25, 0.3) is 0 Å². The topological polar surface area (TPSA) is 69.6 Å². The molecule has 3 N–H and O–H groups in total. The highest BCUT2D eigenvalue weighted by molar-refractivity contribution is 7.84. The predicted molar refractivity (Wildman–Crippen MR) is 69.7 cm³/mol. The minimum atomic E-state index is -0.857. The smallest absolute Gasteiger partial charge is 0.124 e. The van der Waals surface area contributed by atoms with Crippen LogP contribution in [0.5, 0.6) is 11.5 Å². The van der Waals surface area contributed by atoms with Crippen LogP contribution in [0.3, 0.4) is 0 Å². The molecule has 0 aromatic heterocycles. The minimum Gasteiger partial charge on any atom is -0.508 e. The molecule has 0 bridgehead atoms. The van der Waals surface area contributed by atoms with E-state index < -0.39 is 10.8 Å². The quantitative estimate of drug-likeness (QED) is 0.748. The van der Waals surface area contributed by atoms with Crippen LogP contribution in [0.2, 0.25) is 0 Å². The molecule has 0 aliphatic carbocycles. The van der Waals surface area contributed by atoms with Crippen molar-refractivity contribution in [2.75, 3.05) is 12.8 Å². The summed E-state index contributed by atoms with van der Waals surface area (Å²) in [7, 11) is -0.857. The second-order valence-electron chi connectivity index (χ2n) is 4.18. The Morgan fingerprint density at radius 3 is 2.53 bits per heavy atom. The number of hydrogen-bond donors (Lipinski definition) is 3. The molecular formula is C12H19NO3S. The molecule has 1 aromatic rings. The fourth-order valence-corrected chi connectivity index (χ4v) is 1.80. The Labute approximate surface area is 104 Å². The molecule has 5 heteroatoms. The number of phenols is 2. The molecule has 0 saturated heterocycles. The number of benzene rings is 1. The lowest BCUT2D eigenvalue weighted by Gasteiger charge is -2.18. The van der Waals surface area contributed by atoms with Crippen LogP contribution < -0.4 is 5.32 Å². The number of hydrogen-bond acceptors (Lipinski definition) is 4. The number of nitrogens with one attached hydrogen (secondary N) is 1. The molecule has 96 valence electrons. The maximum Gasteiger partial charge on any atom is 0.124 e. The summed E-state index contributed by atoms with van der Waals surface area (Å²) in [5.74, 6) is 0.108. The van der Waals surface area contributed by atoms with E-state index in [-0.39, 0.29) is 22.8 Å². The van der Waals surface area contributed by atoms with Gasteiger partial charge in [-0.25, -0.2) is 0 Å². The third-order valence-electron chi connectivity index (χ3n) is 2.76. The summed E-state index contributed by atoms with van der Waals surface area (Å²) in [6, 6.07) is 4.47. The van der Waals surface area contributed by atoms with Crippen LogP contribution in [0.4, 0.5) is 0 Å². The summed E-state index contributed by atoms with van der Waals surface area (Å²) in [6.07, 6.45) is 1.68. The van der Waals surface area contributed by atoms with Gasteiger partial charge in [-0.15, -0.1) is 0 Å². The molecule has 0 saturated carbocycles. The molecule has 3 atom stereocenters. The van der Waals surface area contributed by atoms with Crippen molar-refractivity contribution >= 4 is 10.8 Å². The average molecular weight is 257 g/mol. The van der Waals surface area contributed by atoms with Crippen LogP contribution in [-0.2, 0) is 10.8 Å². The summed E-state index contributed by atoms with van der Waals surface area (Å²) >= 11 is 0. The zero-order valence-electron chi connectivity index (χ0n) is 10.3. The van der Waals surface area contributed by atoms with Gasteiger partial charge in [0, 0.05) is 46.5 Å². The van der Waals surface area contributed by atoms with Crippen molar-refractivity contribution in [2.24, 2.45) is 0 Å². The van der Waals surface area contributed by atoms with Gasteiger partial charge in [-0.05, 0) is 19.9 Å². The maximum atomic E-state index is 11.2. The zero-order chi connectivity index (χ0) is 13.0. The summed E-state index contributed by atoms with van der Waals surface area (Å²) < 4.78 is 11.2. The standard InChI is InChI=1S/C12H19NO3S/c1-8(17(3)16)7-13-9(2)11-5-4-10(14)6-12(11)15/h4-6,8-9,13-15H,7H2,1-3H3. The van der Waals surface area contributed by atoms with Crippen molar-refractivity contribution in [3.8, 4) is 11.5 Å². The molecule has 0 heterocycles. The maximum absolute atomic E-state index is 11.2. The molecule has 3 unspecified atom stereocenters. The summed E-state index contributed by atoms with van der Waals surface area (Å²) in [5, 5.41) is 22.1. The summed E-state index contributed by atoms with van der Waals surface area (Å²) in [5.41, 5.74) is 0.719. The van der Waals surface area contributed by atoms with E-state index in [0.717, 1.165) is 5.56 Å². The van der Waals surface area contributed by atoms with E-state index in [4.69, 9.17) is 0 Å². The van der Waals surface area contributed by atoms with Gasteiger partial charge in [0.25, 0.3) is 0 Å². The fourth-order valence-electron chi connectivity index (χ4n) is 1.47. The average Bonchev–Trinajstić information content (AvgIpc) is 2.25. The van der Waals surface area contributed by atoms with Crippen LogP contribution in [0.15, 0.2) is 18.2 Å². The Balaban J connectivity index is 2.64. The molecule has 1 rings (SSSR count). The number of rotatable bonds is 5. The van der Waals surface area contributed by atoms with E-state index in [9.17, 15) is 14.4 Å². The molecular weight excluding hydrogens is 238 g/mol. The molecule has 0 aliphatic rings. The third kappa shape index (κ3) is 4.02. The van der Waals surface area contributed by atoms with Gasteiger partial charge in [-0.1, -0.05) is 6.07 Å². The van der Waals surface area contributed by atoms with Gasteiger partial charge in [-0.3, -0.25) is 4.21 Å². The molecule has 1 aromatic carbocycles. The first-order valence-corrected chi connectivity index (χ1v) is 7.11. The summed E-state index contributed by atoms with van der Waals surface area (Å²) in [6.45, 7) is 4.44. The highest BCUT2D eigenvalue weighted by Crippen LogP contribution is 2.27. The Kier molecular flexibility index (Phi) is 4.96. The predicted octanol–water partition coefficient (Wildman–Crippen LogP) is 1.52. The largest absolute Gasteiger partial charge is 0.508 e. The first-order chi connectivity index (χ1) is 7.91. The van der Waals surface area contributed by atoms with Crippen molar-refractivity contribution in [2.45, 2.75) is 25.1 Å². The van der Waals surface area contributed by atoms with E-state index in [0.29, 0.717) is 6.54 Å². The first kappa shape index (κ1) is 14.0. The van der Waals surface area contributed by atoms with Crippen LogP contribution in [-0.4, -0.2) is 32.5 Å². The summed E-state index contributed by atoms with van der Waals surface area (Å²) in [4.78, 5) is 0. The number of aromatic hydroxyl groups is 2. The lowest BCUT2D eigenvalue weighted by molar-refractivity contribution is 0.436. The highest BCUT2D eigenvalue weighted by Gasteiger charge is 2.13. The van der Waals surface area contributed by atoms with Crippen LogP contribution in [0.1, 0.15) is 25.5 Å². The number of phenolic OH excluding ortho intramolecular Hbond substituents is 2. The Hall–Kier alpha value is -1.07. The van der Waals surface area contributed by atoms with Crippen LogP contribution >= 0.6 is 0 Å². The molecule has 0 fully saturated rings. The van der Waals surface area contributed by atoms with E-state index >= 15 is 0 Å². The van der Waals surface area contributed by atoms with Gasteiger partial charge in [0.1, 0.15) is 11.5 Å². The van der Waals surface area contributed by atoms with Crippen molar-refractivity contribution in [3.05, 3.63) is 23.8 Å². The first-order valence-electron chi connectivity index (χ1n) is 5.49. The van der Waals surface area contributed by atoms with Gasteiger partial charge in [0.2, 0.25) is 0 Å². The molecule has 0 aliphatic heterocycles. The van der Waals surface area contributed by atoms with Gasteiger partial charge in [-0.2, -0.15) is 0 Å². The lowest BCUT2D eigenvalue weighted by Crippen LogP contribution is -2.29. The van der Waals surface area contributed by atoms with Crippen molar-refractivity contribution in [3.63, 3.8) is 0 Å². The monoisotopic (exact) mass is 257 g/mol. The van der Waals surface area contributed by atoms with E-state index in [1.807, 2.05) is 13.8 Å². The minimum absolute atomic E-state index is 0.0430. The van der Waals surface area contributed by atoms with Gasteiger partial charge in [0.15, 0.2) is 0 Å². The Morgan fingerprint density at radius 1 is 1.35 bits per heavy atom. The second-order valence-corrected chi connectivity index (χ2v) is 5.98. The van der Waals surface area contributed by atoms with Gasteiger partial charge < -0.3 is 15.5 Å². The second kappa shape index (κ2) is 6.02. The highest BCUT2D eigenvalue weighted by atomic mass is 32.2. The van der Waals surface area contributed by atoms with Gasteiger partial charge >= 0.3 is 0 Å². The Morgan fingerprint density at radius 2 is 2.00 bits per heavy atom. The van der Waals surface area contributed by atoms with Crippen molar-refractivity contribution in [1.29, 1.82) is 0 Å². The Bertz CT molecular complexity index is 409. The fraction of sp³-hybridized carbons (Fsp3) is 0.500. The zero-order valence-corrected chi connectivity index (χ0v) is 11.1.